The van der Waals surface area contributed by atoms with Gasteiger partial charge in [-0.25, -0.2) is 5.43 Å². The number of phenols is 1. The number of nitrogens with zero attached hydrogens (tertiary/aromatic N) is 2. The van der Waals surface area contributed by atoms with Gasteiger partial charge < -0.3 is 10.0 Å². The van der Waals surface area contributed by atoms with Gasteiger partial charge in [0.2, 0.25) is 5.91 Å². The molecule has 1 fully saturated rings. The van der Waals surface area contributed by atoms with E-state index < -0.39 is 0 Å². The molecule has 1 aliphatic rings. The van der Waals surface area contributed by atoms with Crippen molar-refractivity contribution in [3.63, 3.8) is 0 Å². The number of aromatic hydroxyl groups is 1. The summed E-state index contributed by atoms with van der Waals surface area (Å²) >= 11 is 6.09. The highest BCUT2D eigenvalue weighted by Crippen LogP contribution is 2.22. The molecular formula is C20H20ClN3O3. The average molecular weight is 386 g/mol. The van der Waals surface area contributed by atoms with Gasteiger partial charge in [-0.05, 0) is 42.7 Å². The largest absolute Gasteiger partial charge is 0.508 e. The van der Waals surface area contributed by atoms with Crippen LogP contribution in [0, 0.1) is 5.92 Å². The Morgan fingerprint density at radius 3 is 2.59 bits per heavy atom. The fraction of sp³-hybridized carbons (Fsp3) is 0.250. The van der Waals surface area contributed by atoms with Crippen LogP contribution in [0.4, 0.5) is 0 Å². The van der Waals surface area contributed by atoms with Crippen LogP contribution in [-0.4, -0.2) is 41.1 Å². The SMILES string of the molecule is O=C(N/N=C\c1cccc(O)c1)C1CCN(C(=O)c2ccccc2Cl)CC1. The summed E-state index contributed by atoms with van der Waals surface area (Å²) in [6.45, 7) is 0.997. The molecule has 0 spiro atoms. The molecule has 1 aliphatic heterocycles. The molecule has 3 rings (SSSR count). The van der Waals surface area contributed by atoms with Crippen molar-refractivity contribution in [3.05, 3.63) is 64.7 Å². The number of carbonyl (C=O) groups is 2. The number of hydrazone groups is 1. The molecule has 2 amide bonds. The minimum atomic E-state index is -0.193. The van der Waals surface area contributed by atoms with Crippen LogP contribution in [0.25, 0.3) is 0 Å². The molecule has 0 radical (unpaired) electrons. The number of hydrogen-bond acceptors (Lipinski definition) is 4. The second kappa shape index (κ2) is 8.68. The van der Waals surface area contributed by atoms with E-state index in [-0.39, 0.29) is 23.5 Å². The van der Waals surface area contributed by atoms with E-state index in [0.717, 1.165) is 0 Å². The highest BCUT2D eigenvalue weighted by Gasteiger charge is 2.28. The Kier molecular flexibility index (Phi) is 6.08. The Labute approximate surface area is 162 Å². The quantitative estimate of drug-likeness (QED) is 0.626. The minimum absolute atomic E-state index is 0.110. The van der Waals surface area contributed by atoms with Crippen LogP contribution >= 0.6 is 11.6 Å². The molecular weight excluding hydrogens is 366 g/mol. The maximum atomic E-state index is 12.6. The van der Waals surface area contributed by atoms with E-state index in [1.54, 1.807) is 53.4 Å². The summed E-state index contributed by atoms with van der Waals surface area (Å²) < 4.78 is 0. The predicted octanol–water partition coefficient (Wildman–Crippen LogP) is 3.05. The van der Waals surface area contributed by atoms with Crippen molar-refractivity contribution in [2.24, 2.45) is 11.0 Å². The Balaban J connectivity index is 1.50. The van der Waals surface area contributed by atoms with Gasteiger partial charge in [-0.1, -0.05) is 35.9 Å². The lowest BCUT2D eigenvalue weighted by Gasteiger charge is -2.31. The molecule has 1 heterocycles. The first-order valence-corrected chi connectivity index (χ1v) is 9.08. The average Bonchev–Trinajstić information content (AvgIpc) is 2.68. The molecule has 0 unspecified atom stereocenters. The summed E-state index contributed by atoms with van der Waals surface area (Å²) in [5, 5.41) is 13.8. The van der Waals surface area contributed by atoms with Crippen molar-refractivity contribution in [1.29, 1.82) is 0 Å². The van der Waals surface area contributed by atoms with Crippen LogP contribution in [0.2, 0.25) is 5.02 Å². The maximum absolute atomic E-state index is 12.6. The summed E-state index contributed by atoms with van der Waals surface area (Å²) in [4.78, 5) is 26.5. The van der Waals surface area contributed by atoms with Crippen LogP contribution in [0.5, 0.6) is 5.75 Å². The second-order valence-electron chi connectivity index (χ2n) is 6.38. The predicted molar refractivity (Wildman–Crippen MR) is 104 cm³/mol. The van der Waals surface area contributed by atoms with Gasteiger partial charge in [0.15, 0.2) is 0 Å². The molecule has 2 aromatic carbocycles. The highest BCUT2D eigenvalue weighted by atomic mass is 35.5. The van der Waals surface area contributed by atoms with Gasteiger partial charge in [-0.2, -0.15) is 5.10 Å². The van der Waals surface area contributed by atoms with Crippen LogP contribution in [0.15, 0.2) is 53.6 Å². The molecule has 6 nitrogen and oxygen atoms in total. The third kappa shape index (κ3) is 4.86. The van der Waals surface area contributed by atoms with Gasteiger partial charge in [0.1, 0.15) is 5.75 Å². The summed E-state index contributed by atoms with van der Waals surface area (Å²) in [5.41, 5.74) is 3.70. The van der Waals surface area contributed by atoms with Crippen molar-refractivity contribution in [3.8, 4) is 5.75 Å². The van der Waals surface area contributed by atoms with Crippen LogP contribution in [-0.2, 0) is 4.79 Å². The lowest BCUT2D eigenvalue weighted by atomic mass is 9.95. The lowest BCUT2D eigenvalue weighted by Crippen LogP contribution is -2.42. The number of phenolic OH excluding ortho intramolecular Hbond substituents is 1. The summed E-state index contributed by atoms with van der Waals surface area (Å²) in [6.07, 6.45) is 2.63. The normalized spacial score (nSPS) is 15.1. The molecule has 0 bridgehead atoms. The molecule has 0 aliphatic carbocycles. The third-order valence-corrected chi connectivity index (χ3v) is 4.85. The molecule has 2 aromatic rings. The number of halogens is 1. The van der Waals surface area contributed by atoms with Crippen molar-refractivity contribution in [2.75, 3.05) is 13.1 Å². The zero-order valence-corrected chi connectivity index (χ0v) is 15.4. The first-order valence-electron chi connectivity index (χ1n) is 8.70. The zero-order valence-electron chi connectivity index (χ0n) is 14.6. The molecule has 2 N–H and O–H groups in total. The first kappa shape index (κ1) is 18.9. The van der Waals surface area contributed by atoms with Crippen molar-refractivity contribution < 1.29 is 14.7 Å². The number of nitrogens with one attached hydrogen (secondary N) is 1. The van der Waals surface area contributed by atoms with E-state index in [1.807, 2.05) is 0 Å². The van der Waals surface area contributed by atoms with E-state index in [2.05, 4.69) is 10.5 Å². The van der Waals surface area contributed by atoms with Crippen molar-refractivity contribution in [2.45, 2.75) is 12.8 Å². The maximum Gasteiger partial charge on any atom is 0.255 e. The second-order valence-corrected chi connectivity index (χ2v) is 6.78. The zero-order chi connectivity index (χ0) is 19.2. The summed E-state index contributed by atoms with van der Waals surface area (Å²) in [7, 11) is 0. The lowest BCUT2D eigenvalue weighted by molar-refractivity contribution is -0.126. The first-order chi connectivity index (χ1) is 13.0. The van der Waals surface area contributed by atoms with E-state index in [9.17, 15) is 14.7 Å². The number of piperidine rings is 1. The number of carbonyl (C=O) groups excluding carboxylic acids is 2. The molecule has 140 valence electrons. The van der Waals surface area contributed by atoms with Gasteiger partial charge >= 0.3 is 0 Å². The summed E-state index contributed by atoms with van der Waals surface area (Å²) in [6, 6.07) is 13.6. The molecule has 0 atom stereocenters. The number of likely N-dealkylation sites (tertiary alicyclic amines) is 1. The monoisotopic (exact) mass is 385 g/mol. The van der Waals surface area contributed by atoms with Gasteiger partial charge in [0.05, 0.1) is 16.8 Å². The number of rotatable bonds is 4. The van der Waals surface area contributed by atoms with E-state index >= 15 is 0 Å². The van der Waals surface area contributed by atoms with Crippen LogP contribution in [0.1, 0.15) is 28.8 Å². The topological polar surface area (TPSA) is 82.0 Å². The highest BCUT2D eigenvalue weighted by molar-refractivity contribution is 6.33. The Morgan fingerprint density at radius 2 is 1.89 bits per heavy atom. The number of benzene rings is 2. The molecule has 0 aromatic heterocycles. The molecule has 7 heteroatoms. The van der Waals surface area contributed by atoms with Gasteiger partial charge in [-0.3, -0.25) is 9.59 Å². The van der Waals surface area contributed by atoms with Crippen LogP contribution in [0.3, 0.4) is 0 Å². The fourth-order valence-electron chi connectivity index (χ4n) is 3.02. The molecule has 27 heavy (non-hydrogen) atoms. The fourth-order valence-corrected chi connectivity index (χ4v) is 3.23. The number of hydrogen-bond donors (Lipinski definition) is 2. The molecule has 1 saturated heterocycles. The smallest absolute Gasteiger partial charge is 0.255 e. The van der Waals surface area contributed by atoms with Crippen molar-refractivity contribution in [1.82, 2.24) is 10.3 Å². The Morgan fingerprint density at radius 1 is 1.15 bits per heavy atom. The van der Waals surface area contributed by atoms with Crippen LogP contribution < -0.4 is 5.43 Å². The minimum Gasteiger partial charge on any atom is -0.508 e. The summed E-state index contributed by atoms with van der Waals surface area (Å²) in [5.74, 6) is -0.333. The van der Waals surface area contributed by atoms with E-state index in [0.29, 0.717) is 42.1 Å². The van der Waals surface area contributed by atoms with Gasteiger partial charge in [-0.15, -0.1) is 0 Å². The van der Waals surface area contributed by atoms with E-state index in [1.165, 1.54) is 6.21 Å². The standard InChI is InChI=1S/C20H20ClN3O3/c21-18-7-2-1-6-17(18)20(27)24-10-8-15(9-11-24)19(26)23-22-13-14-4-3-5-16(25)12-14/h1-7,12-13,15,25H,8-11H2,(H,23,26)/b22-13-. The van der Waals surface area contributed by atoms with Gasteiger partial charge in [0.25, 0.3) is 5.91 Å². The molecule has 0 saturated carbocycles. The Bertz CT molecular complexity index is 861. The third-order valence-electron chi connectivity index (χ3n) is 4.52. The van der Waals surface area contributed by atoms with E-state index in [4.69, 9.17) is 11.6 Å². The van der Waals surface area contributed by atoms with Gasteiger partial charge in [0, 0.05) is 19.0 Å². The Hall–Kier alpha value is -2.86. The number of amides is 2. The van der Waals surface area contributed by atoms with Crippen molar-refractivity contribution >= 4 is 29.6 Å².